The Morgan fingerprint density at radius 2 is 1.64 bits per heavy atom. The molecule has 0 saturated heterocycles. The van der Waals surface area contributed by atoms with E-state index in [1.165, 1.54) is 5.56 Å². The highest BCUT2D eigenvalue weighted by atomic mass is 16.5. The highest BCUT2D eigenvalue weighted by Crippen LogP contribution is 2.23. The smallest absolute Gasteiger partial charge is 0.326 e. The van der Waals surface area contributed by atoms with Gasteiger partial charge in [0.15, 0.2) is 0 Å². The zero-order valence-electron chi connectivity index (χ0n) is 12.9. The van der Waals surface area contributed by atoms with Crippen LogP contribution in [0.4, 0.5) is 5.69 Å². The molecule has 2 aromatic rings. The number of aryl methyl sites for hydroxylation is 1. The topological polar surface area (TPSA) is 58.6 Å². The second-order valence-corrected chi connectivity index (χ2v) is 5.26. The molecule has 2 rings (SSSR count). The molecule has 0 aliphatic rings. The van der Waals surface area contributed by atoms with Crippen LogP contribution in [0.3, 0.4) is 0 Å². The monoisotopic (exact) mass is 299 g/mol. The van der Waals surface area contributed by atoms with E-state index in [1.54, 1.807) is 0 Å². The van der Waals surface area contributed by atoms with E-state index >= 15 is 0 Å². The lowest BCUT2D eigenvalue weighted by atomic mass is 10.1. The van der Waals surface area contributed by atoms with Crippen LogP contribution in [-0.4, -0.2) is 17.1 Å². The van der Waals surface area contributed by atoms with Crippen LogP contribution >= 0.6 is 0 Å². The number of carboxylic acids is 1. The van der Waals surface area contributed by atoms with E-state index in [0.717, 1.165) is 23.6 Å². The van der Waals surface area contributed by atoms with Crippen LogP contribution in [0.15, 0.2) is 48.5 Å². The van der Waals surface area contributed by atoms with Gasteiger partial charge < -0.3 is 15.2 Å². The first-order valence-corrected chi connectivity index (χ1v) is 7.42. The molecule has 22 heavy (non-hydrogen) atoms. The largest absolute Gasteiger partial charge is 0.480 e. The lowest BCUT2D eigenvalue weighted by Crippen LogP contribution is -2.28. The molecule has 0 amide bonds. The quantitative estimate of drug-likeness (QED) is 0.793. The van der Waals surface area contributed by atoms with Gasteiger partial charge >= 0.3 is 5.97 Å². The van der Waals surface area contributed by atoms with E-state index in [4.69, 9.17) is 9.84 Å². The highest BCUT2D eigenvalue weighted by Gasteiger charge is 2.15. The third-order valence-corrected chi connectivity index (χ3v) is 3.33. The van der Waals surface area contributed by atoms with Crippen LogP contribution in [0.25, 0.3) is 0 Å². The van der Waals surface area contributed by atoms with E-state index < -0.39 is 12.0 Å². The average molecular weight is 299 g/mol. The molecule has 1 atom stereocenters. The molecule has 0 radical (unpaired) electrons. The second-order valence-electron chi connectivity index (χ2n) is 5.26. The Kier molecular flexibility index (Phi) is 5.42. The van der Waals surface area contributed by atoms with Gasteiger partial charge in [-0.3, -0.25) is 0 Å². The Labute approximate surface area is 130 Å². The normalized spacial score (nSPS) is 11.7. The average Bonchev–Trinajstić information content (AvgIpc) is 2.51. The Morgan fingerprint density at radius 3 is 2.14 bits per heavy atom. The van der Waals surface area contributed by atoms with Gasteiger partial charge in [-0.1, -0.05) is 31.0 Å². The van der Waals surface area contributed by atoms with Crippen molar-refractivity contribution in [3.05, 3.63) is 54.1 Å². The summed E-state index contributed by atoms with van der Waals surface area (Å²) in [5.41, 5.74) is 1.96. The van der Waals surface area contributed by atoms with E-state index in [-0.39, 0.29) is 0 Å². The van der Waals surface area contributed by atoms with Crippen molar-refractivity contribution in [3.8, 4) is 11.5 Å². The minimum atomic E-state index is -0.832. The zero-order valence-corrected chi connectivity index (χ0v) is 12.9. The first kappa shape index (κ1) is 15.9. The van der Waals surface area contributed by atoms with Crippen molar-refractivity contribution in [1.82, 2.24) is 0 Å². The molecule has 2 aromatic carbocycles. The van der Waals surface area contributed by atoms with E-state index in [1.807, 2.05) is 62.4 Å². The van der Waals surface area contributed by atoms with Gasteiger partial charge in [-0.2, -0.15) is 0 Å². The lowest BCUT2D eigenvalue weighted by molar-refractivity contribution is -0.138. The molecule has 0 saturated carbocycles. The molecule has 0 spiro atoms. The molecular weight excluding hydrogens is 278 g/mol. The molecule has 0 aromatic heterocycles. The maximum Gasteiger partial charge on any atom is 0.326 e. The fourth-order valence-electron chi connectivity index (χ4n) is 2.11. The van der Waals surface area contributed by atoms with Gasteiger partial charge in [0.1, 0.15) is 17.5 Å². The summed E-state index contributed by atoms with van der Waals surface area (Å²) in [7, 11) is 0. The van der Waals surface area contributed by atoms with E-state index in [9.17, 15) is 4.79 Å². The number of aliphatic carboxylic acids is 1. The fourth-order valence-corrected chi connectivity index (χ4v) is 2.11. The van der Waals surface area contributed by atoms with Crippen LogP contribution in [-0.2, 0) is 4.79 Å². The molecular formula is C18H21NO3. The van der Waals surface area contributed by atoms with Gasteiger partial charge in [-0.25, -0.2) is 4.79 Å². The van der Waals surface area contributed by atoms with Gasteiger partial charge in [0.2, 0.25) is 0 Å². The maximum absolute atomic E-state index is 11.1. The molecule has 0 aliphatic carbocycles. The zero-order chi connectivity index (χ0) is 15.9. The minimum Gasteiger partial charge on any atom is -0.480 e. The third kappa shape index (κ3) is 4.52. The van der Waals surface area contributed by atoms with Gasteiger partial charge in [-0.05, 0) is 49.7 Å². The molecule has 0 fully saturated rings. The Bertz CT molecular complexity index is 605. The summed E-state index contributed by atoms with van der Waals surface area (Å²) in [4.78, 5) is 11.1. The summed E-state index contributed by atoms with van der Waals surface area (Å²) in [5, 5.41) is 12.2. The predicted octanol–water partition coefficient (Wildman–Crippen LogP) is 4.45. The molecule has 0 heterocycles. The third-order valence-electron chi connectivity index (χ3n) is 3.33. The molecule has 0 bridgehead atoms. The summed E-state index contributed by atoms with van der Waals surface area (Å²) < 4.78 is 5.74. The Morgan fingerprint density at radius 1 is 1.09 bits per heavy atom. The summed E-state index contributed by atoms with van der Waals surface area (Å²) in [6.45, 7) is 4.00. The number of hydrogen-bond acceptors (Lipinski definition) is 3. The maximum atomic E-state index is 11.1. The molecule has 4 heteroatoms. The molecule has 116 valence electrons. The van der Waals surface area contributed by atoms with Crippen molar-refractivity contribution in [2.45, 2.75) is 32.7 Å². The van der Waals surface area contributed by atoms with Gasteiger partial charge in [-0.15, -0.1) is 0 Å². The Balaban J connectivity index is 2.00. The van der Waals surface area contributed by atoms with Crippen molar-refractivity contribution in [2.75, 3.05) is 5.32 Å². The van der Waals surface area contributed by atoms with Crippen molar-refractivity contribution >= 4 is 11.7 Å². The summed E-state index contributed by atoms with van der Waals surface area (Å²) in [5.74, 6) is 0.666. The van der Waals surface area contributed by atoms with Crippen molar-refractivity contribution in [3.63, 3.8) is 0 Å². The van der Waals surface area contributed by atoms with Crippen molar-refractivity contribution in [2.24, 2.45) is 0 Å². The van der Waals surface area contributed by atoms with Gasteiger partial charge in [0.25, 0.3) is 0 Å². The Hall–Kier alpha value is -2.49. The number of carboxylic acid groups (broad SMARTS) is 1. The minimum absolute atomic E-state index is 0.561. The first-order chi connectivity index (χ1) is 10.6. The summed E-state index contributed by atoms with van der Waals surface area (Å²) in [6, 6.07) is 14.6. The van der Waals surface area contributed by atoms with Crippen LogP contribution in [0.5, 0.6) is 11.5 Å². The molecule has 0 aliphatic heterocycles. The number of rotatable bonds is 7. The van der Waals surface area contributed by atoms with Crippen LogP contribution < -0.4 is 10.1 Å². The van der Waals surface area contributed by atoms with Crippen LogP contribution in [0.2, 0.25) is 0 Å². The first-order valence-electron chi connectivity index (χ1n) is 7.42. The van der Waals surface area contributed by atoms with Crippen molar-refractivity contribution < 1.29 is 14.6 Å². The number of benzene rings is 2. The number of ether oxygens (including phenoxy) is 1. The van der Waals surface area contributed by atoms with Crippen molar-refractivity contribution in [1.29, 1.82) is 0 Å². The number of carbonyl (C=O) groups is 1. The van der Waals surface area contributed by atoms with E-state index in [2.05, 4.69) is 5.32 Å². The SMILES string of the molecule is CCCC(Nc1ccc(Oc2ccc(C)cc2)cc1)C(=O)O. The van der Waals surface area contributed by atoms with Gasteiger partial charge in [0.05, 0.1) is 0 Å². The standard InChI is InChI=1S/C18H21NO3/c1-3-4-17(18(20)21)19-14-7-11-16(12-8-14)22-15-9-5-13(2)6-10-15/h5-12,17,19H,3-4H2,1-2H3,(H,20,21). The second kappa shape index (κ2) is 7.50. The number of nitrogens with one attached hydrogen (secondary N) is 1. The molecule has 1 unspecified atom stereocenters. The lowest BCUT2D eigenvalue weighted by Gasteiger charge is -2.15. The van der Waals surface area contributed by atoms with Crippen LogP contribution in [0, 0.1) is 6.92 Å². The fraction of sp³-hybridized carbons (Fsp3) is 0.278. The highest BCUT2D eigenvalue weighted by molar-refractivity contribution is 5.77. The summed E-state index contributed by atoms with van der Waals surface area (Å²) >= 11 is 0. The van der Waals surface area contributed by atoms with Crippen LogP contribution in [0.1, 0.15) is 25.3 Å². The molecule has 2 N–H and O–H groups in total. The number of hydrogen-bond donors (Lipinski definition) is 2. The summed E-state index contributed by atoms with van der Waals surface area (Å²) in [6.07, 6.45) is 1.41. The number of anilines is 1. The molecule has 4 nitrogen and oxygen atoms in total. The van der Waals surface area contributed by atoms with E-state index in [0.29, 0.717) is 6.42 Å². The van der Waals surface area contributed by atoms with Gasteiger partial charge in [0, 0.05) is 5.69 Å². The predicted molar refractivity (Wildman–Crippen MR) is 87.6 cm³/mol.